The molecule has 0 saturated carbocycles. The predicted octanol–water partition coefficient (Wildman–Crippen LogP) is 0.996. The molecular formula is C16H32N6O. The van der Waals surface area contributed by atoms with Crippen LogP contribution in [0.15, 0.2) is 12.3 Å². The summed E-state index contributed by atoms with van der Waals surface area (Å²) in [7, 11) is 2.13. The van der Waals surface area contributed by atoms with Crippen LogP contribution in [-0.4, -0.2) is 62.9 Å². The first-order valence-electron chi connectivity index (χ1n) is 8.35. The van der Waals surface area contributed by atoms with E-state index in [0.29, 0.717) is 17.2 Å². The van der Waals surface area contributed by atoms with E-state index in [1.807, 2.05) is 0 Å². The van der Waals surface area contributed by atoms with Gasteiger partial charge in [-0.3, -0.25) is 0 Å². The van der Waals surface area contributed by atoms with E-state index >= 15 is 0 Å². The van der Waals surface area contributed by atoms with Gasteiger partial charge in [0, 0.05) is 26.2 Å². The highest BCUT2D eigenvalue weighted by atomic mass is 16.5. The molecule has 1 aromatic heterocycles. The number of rotatable bonds is 13. The van der Waals surface area contributed by atoms with Crippen LogP contribution in [0, 0.1) is 0 Å². The van der Waals surface area contributed by atoms with Crippen LogP contribution < -0.4 is 22.1 Å². The van der Waals surface area contributed by atoms with Crippen molar-refractivity contribution in [2.75, 3.05) is 69.8 Å². The molecule has 0 atom stereocenters. The molecule has 1 aromatic rings. The number of hydrogen-bond acceptors (Lipinski definition) is 7. The van der Waals surface area contributed by atoms with Crippen LogP contribution in [-0.2, 0) is 4.74 Å². The lowest BCUT2D eigenvalue weighted by Crippen LogP contribution is -2.29. The monoisotopic (exact) mass is 324 g/mol. The molecule has 0 radical (unpaired) electrons. The van der Waals surface area contributed by atoms with Gasteiger partial charge in [-0.25, -0.2) is 4.98 Å². The normalized spacial score (nSPS) is 11.1. The third-order valence-corrected chi connectivity index (χ3v) is 3.39. The summed E-state index contributed by atoms with van der Waals surface area (Å²) in [5.41, 5.74) is 12.6. The Kier molecular flexibility index (Phi) is 10.1. The molecule has 0 saturated heterocycles. The van der Waals surface area contributed by atoms with E-state index in [1.165, 1.54) is 0 Å². The Labute approximate surface area is 139 Å². The zero-order chi connectivity index (χ0) is 16.9. The summed E-state index contributed by atoms with van der Waals surface area (Å²) < 4.78 is 5.48. The van der Waals surface area contributed by atoms with Crippen molar-refractivity contribution in [2.24, 2.45) is 0 Å². The number of nitrogen functional groups attached to an aromatic ring is 2. The second-order valence-corrected chi connectivity index (χ2v) is 5.65. The number of ether oxygens (including phenoxy) is 1. The number of nitrogens with one attached hydrogen (secondary N) is 2. The van der Waals surface area contributed by atoms with Crippen LogP contribution in [0.5, 0.6) is 0 Å². The van der Waals surface area contributed by atoms with E-state index in [-0.39, 0.29) is 0 Å². The van der Waals surface area contributed by atoms with E-state index in [1.54, 1.807) is 12.3 Å². The van der Waals surface area contributed by atoms with Gasteiger partial charge in [0.2, 0.25) is 0 Å². The third kappa shape index (κ3) is 9.22. The summed E-state index contributed by atoms with van der Waals surface area (Å²) in [4.78, 5) is 6.47. The van der Waals surface area contributed by atoms with Crippen molar-refractivity contribution in [3.63, 3.8) is 0 Å². The van der Waals surface area contributed by atoms with E-state index in [2.05, 4.69) is 34.5 Å². The minimum Gasteiger partial charge on any atom is -0.397 e. The molecule has 0 unspecified atom stereocenters. The summed E-state index contributed by atoms with van der Waals surface area (Å²) in [6, 6.07) is 1.71. The molecule has 0 aliphatic rings. The number of aromatic nitrogens is 1. The largest absolute Gasteiger partial charge is 0.397 e. The second kappa shape index (κ2) is 11.9. The van der Waals surface area contributed by atoms with Crippen LogP contribution in [0.1, 0.15) is 19.8 Å². The van der Waals surface area contributed by atoms with Crippen molar-refractivity contribution in [1.82, 2.24) is 15.2 Å². The Morgan fingerprint density at radius 3 is 2.74 bits per heavy atom. The van der Waals surface area contributed by atoms with Crippen molar-refractivity contribution in [2.45, 2.75) is 19.8 Å². The lowest BCUT2D eigenvalue weighted by molar-refractivity contribution is 0.112. The molecule has 7 heteroatoms. The van der Waals surface area contributed by atoms with Crippen LogP contribution >= 0.6 is 0 Å². The first kappa shape index (κ1) is 19.5. The summed E-state index contributed by atoms with van der Waals surface area (Å²) in [5.74, 6) is 0.688. The lowest BCUT2D eigenvalue weighted by atomic mass is 10.3. The topological polar surface area (TPSA) is 101 Å². The van der Waals surface area contributed by atoms with Crippen LogP contribution in [0.3, 0.4) is 0 Å². The first-order chi connectivity index (χ1) is 11.1. The molecule has 0 aliphatic heterocycles. The highest BCUT2D eigenvalue weighted by Gasteiger charge is 2.00. The van der Waals surface area contributed by atoms with Gasteiger partial charge in [-0.1, -0.05) is 6.92 Å². The van der Waals surface area contributed by atoms with Gasteiger partial charge in [-0.2, -0.15) is 0 Å². The van der Waals surface area contributed by atoms with Gasteiger partial charge < -0.3 is 31.7 Å². The lowest BCUT2D eigenvalue weighted by Gasteiger charge is -2.16. The van der Waals surface area contributed by atoms with Crippen LogP contribution in [0.2, 0.25) is 0 Å². The average Bonchev–Trinajstić information content (AvgIpc) is 2.52. The molecule has 132 valence electrons. The molecule has 0 fully saturated rings. The Hall–Kier alpha value is -1.57. The minimum absolute atomic E-state index is 0.579. The molecule has 6 N–H and O–H groups in total. The van der Waals surface area contributed by atoms with Crippen LogP contribution in [0.4, 0.5) is 17.2 Å². The first-order valence-corrected chi connectivity index (χ1v) is 8.35. The van der Waals surface area contributed by atoms with Crippen molar-refractivity contribution in [3.05, 3.63) is 12.3 Å². The summed E-state index contributed by atoms with van der Waals surface area (Å²) >= 11 is 0. The fraction of sp³-hybridized carbons (Fsp3) is 0.688. The molecule has 0 spiro atoms. The Balaban J connectivity index is 1.97. The second-order valence-electron chi connectivity index (χ2n) is 5.65. The SMILES string of the molecule is CCCOCCN(C)CCCNCCNc1ncc(N)cc1N. The van der Waals surface area contributed by atoms with Gasteiger partial charge in [0.15, 0.2) is 0 Å². The molecule has 23 heavy (non-hydrogen) atoms. The molecular weight excluding hydrogens is 292 g/mol. The summed E-state index contributed by atoms with van der Waals surface area (Å²) in [5, 5.41) is 6.60. The molecule has 7 nitrogen and oxygen atoms in total. The Morgan fingerprint density at radius 2 is 2.00 bits per heavy atom. The van der Waals surface area contributed by atoms with Crippen LogP contribution in [0.25, 0.3) is 0 Å². The summed E-state index contributed by atoms with van der Waals surface area (Å²) in [6.07, 6.45) is 3.80. The van der Waals surface area contributed by atoms with Crippen molar-refractivity contribution >= 4 is 17.2 Å². The maximum atomic E-state index is 5.83. The Bertz CT molecular complexity index is 429. The van der Waals surface area contributed by atoms with Gasteiger partial charge in [0.1, 0.15) is 5.82 Å². The molecule has 0 amide bonds. The van der Waals surface area contributed by atoms with Crippen molar-refractivity contribution in [1.29, 1.82) is 0 Å². The number of nitrogens with zero attached hydrogens (tertiary/aromatic N) is 2. The maximum absolute atomic E-state index is 5.83. The smallest absolute Gasteiger partial charge is 0.149 e. The minimum atomic E-state index is 0.579. The summed E-state index contributed by atoms with van der Waals surface area (Å²) in [6.45, 7) is 8.50. The average molecular weight is 324 g/mol. The zero-order valence-electron chi connectivity index (χ0n) is 14.5. The number of hydrogen-bond donors (Lipinski definition) is 4. The number of pyridine rings is 1. The van der Waals surface area contributed by atoms with E-state index < -0.39 is 0 Å². The van der Waals surface area contributed by atoms with Crippen molar-refractivity contribution < 1.29 is 4.74 Å². The van der Waals surface area contributed by atoms with Gasteiger partial charge >= 0.3 is 0 Å². The highest BCUT2D eigenvalue weighted by Crippen LogP contribution is 2.16. The predicted molar refractivity (Wildman–Crippen MR) is 97.6 cm³/mol. The van der Waals surface area contributed by atoms with Gasteiger partial charge in [-0.15, -0.1) is 0 Å². The van der Waals surface area contributed by atoms with Gasteiger partial charge in [0.25, 0.3) is 0 Å². The zero-order valence-corrected chi connectivity index (χ0v) is 14.5. The fourth-order valence-electron chi connectivity index (χ4n) is 2.09. The van der Waals surface area contributed by atoms with Crippen molar-refractivity contribution in [3.8, 4) is 0 Å². The van der Waals surface area contributed by atoms with E-state index in [0.717, 1.165) is 58.8 Å². The molecule has 1 heterocycles. The van der Waals surface area contributed by atoms with Gasteiger partial charge in [0.05, 0.1) is 24.2 Å². The van der Waals surface area contributed by atoms with E-state index in [4.69, 9.17) is 16.2 Å². The molecule has 0 aromatic carbocycles. The molecule has 0 aliphatic carbocycles. The standard InChI is InChI=1S/C16H32N6O/c1-3-10-23-11-9-22(2)8-4-5-19-6-7-20-16-15(18)12-14(17)13-21-16/h12-13,19H,3-11,17-18H2,1-2H3,(H,20,21). The quantitative estimate of drug-likeness (QED) is 0.401. The highest BCUT2D eigenvalue weighted by molar-refractivity contribution is 5.65. The number of anilines is 3. The molecule has 1 rings (SSSR count). The number of nitrogens with two attached hydrogens (primary N) is 2. The maximum Gasteiger partial charge on any atom is 0.149 e. The van der Waals surface area contributed by atoms with Gasteiger partial charge in [-0.05, 0) is 39.0 Å². The third-order valence-electron chi connectivity index (χ3n) is 3.39. The molecule has 0 bridgehead atoms. The van der Waals surface area contributed by atoms with E-state index in [9.17, 15) is 0 Å². The number of likely N-dealkylation sites (N-methyl/N-ethyl adjacent to an activating group) is 1. The Morgan fingerprint density at radius 1 is 1.17 bits per heavy atom. The fourth-order valence-corrected chi connectivity index (χ4v) is 2.09.